The molecule has 0 unspecified atom stereocenters. The number of benzene rings is 2. The van der Waals surface area contributed by atoms with Crippen LogP contribution in [0.25, 0.3) is 11.6 Å². The number of allylic oxidation sites excluding steroid dienone is 1. The average Bonchev–Trinajstić information content (AvgIpc) is 3.24. The molecule has 1 aliphatic carbocycles. The van der Waals surface area contributed by atoms with Gasteiger partial charge in [0.05, 0.1) is 29.6 Å². The second-order valence-electron chi connectivity index (χ2n) is 11.8. The number of imide groups is 1. The van der Waals surface area contributed by atoms with Gasteiger partial charge in [-0.3, -0.25) is 19.3 Å². The van der Waals surface area contributed by atoms with Gasteiger partial charge < -0.3 is 25.0 Å². The molecule has 0 saturated carbocycles. The number of phenols is 1. The second kappa shape index (κ2) is 14.1. The van der Waals surface area contributed by atoms with Gasteiger partial charge in [-0.05, 0) is 96.5 Å². The molecule has 11 heteroatoms. The summed E-state index contributed by atoms with van der Waals surface area (Å²) in [6.45, 7) is -0.0412. The monoisotopic (exact) mass is 621 g/mol. The molecule has 2 fully saturated rings. The predicted octanol–water partition coefficient (Wildman–Crippen LogP) is 4.80. The molecular weight excluding hydrogens is 585 g/mol. The van der Waals surface area contributed by atoms with Crippen LogP contribution in [0.3, 0.4) is 0 Å². The molecule has 0 bridgehead atoms. The van der Waals surface area contributed by atoms with Crippen LogP contribution in [0.15, 0.2) is 59.7 Å². The number of hydrogen-bond acceptors (Lipinski definition) is 7. The molecule has 0 spiro atoms. The SMILES string of the molecule is O=C(O)CCCCCN1C(=O)[C@@H]2[C@@H](CC(CO)=C3[C@@H](CC/C(=C/c4ccc(O)cc4Cl)c4ccccc4)OB(O)C[C@@H]32)C1=O. The highest BCUT2D eigenvalue weighted by atomic mass is 35.5. The van der Waals surface area contributed by atoms with Gasteiger partial charge in [0.25, 0.3) is 0 Å². The first-order chi connectivity index (χ1) is 21.2. The zero-order chi connectivity index (χ0) is 31.4. The molecule has 44 heavy (non-hydrogen) atoms. The molecule has 232 valence electrons. The van der Waals surface area contributed by atoms with Crippen molar-refractivity contribution in [2.45, 2.75) is 57.4 Å². The zero-order valence-electron chi connectivity index (χ0n) is 24.4. The fourth-order valence-corrected chi connectivity index (χ4v) is 7.21. The normalized spacial score (nSPS) is 23.7. The third kappa shape index (κ3) is 6.94. The summed E-state index contributed by atoms with van der Waals surface area (Å²) in [5.41, 5.74) is 4.15. The number of aliphatic carboxylic acids is 1. The molecular formula is C33H37BClNO8. The Balaban J connectivity index is 1.38. The fraction of sp³-hybridized carbons (Fsp3) is 0.424. The lowest BCUT2D eigenvalue weighted by Gasteiger charge is -2.43. The number of rotatable bonds is 12. The Morgan fingerprint density at radius 3 is 2.52 bits per heavy atom. The van der Waals surface area contributed by atoms with Crippen molar-refractivity contribution in [2.75, 3.05) is 13.2 Å². The van der Waals surface area contributed by atoms with Gasteiger partial charge in [-0.1, -0.05) is 48.4 Å². The summed E-state index contributed by atoms with van der Waals surface area (Å²) >= 11 is 6.42. The molecule has 5 rings (SSSR count). The average molecular weight is 622 g/mol. The Morgan fingerprint density at radius 1 is 1.05 bits per heavy atom. The van der Waals surface area contributed by atoms with Crippen molar-refractivity contribution in [3.05, 3.63) is 75.8 Å². The summed E-state index contributed by atoms with van der Waals surface area (Å²) < 4.78 is 6.05. The third-order valence-electron chi connectivity index (χ3n) is 9.00. The summed E-state index contributed by atoms with van der Waals surface area (Å²) in [6, 6.07) is 14.6. The van der Waals surface area contributed by atoms with E-state index in [-0.39, 0.29) is 49.9 Å². The molecule has 3 aliphatic rings. The van der Waals surface area contributed by atoms with E-state index < -0.39 is 36.9 Å². The number of carbonyl (C=O) groups excluding carboxylic acids is 2. The number of halogens is 1. The minimum absolute atomic E-state index is 0.0464. The molecule has 4 N–H and O–H groups in total. The Hall–Kier alpha value is -3.44. The molecule has 0 radical (unpaired) electrons. The number of fused-ring (bicyclic) bond motifs is 3. The number of likely N-dealkylation sites (tertiary alicyclic amines) is 1. The first-order valence-electron chi connectivity index (χ1n) is 15.2. The van der Waals surface area contributed by atoms with E-state index in [1.54, 1.807) is 12.1 Å². The lowest BCUT2D eigenvalue weighted by molar-refractivity contribution is -0.141. The molecule has 0 aromatic heterocycles. The van der Waals surface area contributed by atoms with Crippen LogP contribution in [0.1, 0.15) is 56.1 Å². The highest BCUT2D eigenvalue weighted by molar-refractivity contribution is 6.43. The summed E-state index contributed by atoms with van der Waals surface area (Å²) in [7, 11) is -1.13. The van der Waals surface area contributed by atoms with E-state index in [2.05, 4.69) is 0 Å². The van der Waals surface area contributed by atoms with Gasteiger partial charge in [0.15, 0.2) is 0 Å². The summed E-state index contributed by atoms with van der Waals surface area (Å²) in [5, 5.41) is 40.3. The van der Waals surface area contributed by atoms with Crippen molar-refractivity contribution >= 4 is 48.2 Å². The number of carboxylic acids is 1. The molecule has 9 nitrogen and oxygen atoms in total. The summed E-state index contributed by atoms with van der Waals surface area (Å²) in [4.78, 5) is 39.2. The first kappa shape index (κ1) is 32.0. The van der Waals surface area contributed by atoms with Crippen LogP contribution in [0.4, 0.5) is 0 Å². The van der Waals surface area contributed by atoms with E-state index in [0.717, 1.165) is 22.3 Å². The minimum atomic E-state index is -1.13. The van der Waals surface area contributed by atoms with Crippen LogP contribution in [0.5, 0.6) is 5.75 Å². The predicted molar refractivity (Wildman–Crippen MR) is 166 cm³/mol. The maximum Gasteiger partial charge on any atom is 0.455 e. The van der Waals surface area contributed by atoms with Gasteiger partial charge >= 0.3 is 13.1 Å². The number of aliphatic hydroxyl groups is 1. The van der Waals surface area contributed by atoms with Crippen molar-refractivity contribution in [2.24, 2.45) is 17.8 Å². The molecule has 2 saturated heterocycles. The largest absolute Gasteiger partial charge is 0.508 e. The molecule has 2 aliphatic heterocycles. The van der Waals surface area contributed by atoms with Crippen LogP contribution in [0.2, 0.25) is 11.3 Å². The van der Waals surface area contributed by atoms with Gasteiger partial charge in [-0.15, -0.1) is 0 Å². The smallest absolute Gasteiger partial charge is 0.455 e. The maximum absolute atomic E-state index is 13.7. The number of carbonyl (C=O) groups is 3. The van der Waals surface area contributed by atoms with E-state index in [1.807, 2.05) is 36.4 Å². The van der Waals surface area contributed by atoms with Crippen LogP contribution < -0.4 is 0 Å². The van der Waals surface area contributed by atoms with Crippen molar-refractivity contribution in [1.29, 1.82) is 0 Å². The van der Waals surface area contributed by atoms with Crippen LogP contribution in [-0.4, -0.2) is 69.4 Å². The van der Waals surface area contributed by atoms with Gasteiger partial charge in [-0.2, -0.15) is 0 Å². The Kier molecular flexibility index (Phi) is 10.3. The van der Waals surface area contributed by atoms with Crippen molar-refractivity contribution in [3.8, 4) is 5.75 Å². The number of carboxylic acid groups (broad SMARTS) is 1. The highest BCUT2D eigenvalue weighted by Crippen LogP contribution is 2.50. The van der Waals surface area contributed by atoms with E-state index in [1.165, 1.54) is 11.0 Å². The van der Waals surface area contributed by atoms with Gasteiger partial charge in [0, 0.05) is 13.0 Å². The van der Waals surface area contributed by atoms with Gasteiger partial charge in [0.2, 0.25) is 11.8 Å². The summed E-state index contributed by atoms with van der Waals surface area (Å²) in [6.07, 6.45) is 4.43. The molecule has 2 heterocycles. The van der Waals surface area contributed by atoms with Gasteiger partial charge in [-0.25, -0.2) is 0 Å². The Labute approximate surface area is 261 Å². The molecule has 2 aromatic carbocycles. The molecule has 4 atom stereocenters. The van der Waals surface area contributed by atoms with Crippen LogP contribution in [-0.2, 0) is 19.0 Å². The van der Waals surface area contributed by atoms with Crippen molar-refractivity contribution in [3.63, 3.8) is 0 Å². The maximum atomic E-state index is 13.7. The van der Waals surface area contributed by atoms with Gasteiger partial charge in [0.1, 0.15) is 5.75 Å². The lowest BCUT2D eigenvalue weighted by atomic mass is 9.58. The van der Waals surface area contributed by atoms with Crippen molar-refractivity contribution < 1.29 is 39.4 Å². The number of aliphatic hydroxyl groups excluding tert-OH is 1. The number of amides is 2. The number of phenolic OH excluding ortho intramolecular Hbond substituents is 1. The number of aromatic hydroxyl groups is 1. The van der Waals surface area contributed by atoms with E-state index in [0.29, 0.717) is 42.7 Å². The lowest BCUT2D eigenvalue weighted by Crippen LogP contribution is -2.46. The standard InChI is InChI=1S/C33H37BClNO8/c35-27-17-24(38)12-10-22(27)15-21(20-7-3-1-4-8-20)11-13-28-30-23(19-37)16-25-31(26(30)18-34(43)44-28)33(42)36(32(25)41)14-6-2-5-9-29(39)40/h1,3-4,7-8,10,12,15,17,25-26,28,31,37-38,43H,2,5-6,9,11,13-14,16,18-19H2,(H,39,40)/b21-15-/t25-,26+,28-,31-/m1/s1. The number of unbranched alkanes of at least 4 members (excludes halogenated alkanes) is 2. The van der Waals surface area contributed by atoms with E-state index in [9.17, 15) is 29.6 Å². The topological polar surface area (TPSA) is 145 Å². The minimum Gasteiger partial charge on any atom is -0.508 e. The Bertz CT molecular complexity index is 1460. The first-order valence-corrected chi connectivity index (χ1v) is 15.5. The molecule has 2 amide bonds. The Morgan fingerprint density at radius 2 is 1.82 bits per heavy atom. The van der Waals surface area contributed by atoms with E-state index >= 15 is 0 Å². The fourth-order valence-electron chi connectivity index (χ4n) is 6.98. The number of hydrogen-bond donors (Lipinski definition) is 4. The zero-order valence-corrected chi connectivity index (χ0v) is 25.2. The van der Waals surface area contributed by atoms with Crippen LogP contribution in [0, 0.1) is 17.8 Å². The van der Waals surface area contributed by atoms with E-state index in [4.69, 9.17) is 21.4 Å². The quantitative estimate of drug-likeness (QED) is 0.0870. The molecule has 2 aromatic rings. The van der Waals surface area contributed by atoms with Crippen molar-refractivity contribution in [1.82, 2.24) is 4.90 Å². The third-order valence-corrected chi connectivity index (χ3v) is 9.32. The number of nitrogens with zero attached hydrogens (tertiary/aromatic N) is 1. The highest BCUT2D eigenvalue weighted by Gasteiger charge is 2.57. The second-order valence-corrected chi connectivity index (χ2v) is 12.2. The summed E-state index contributed by atoms with van der Waals surface area (Å²) in [5.74, 6) is -3.00. The van der Waals surface area contributed by atoms with Crippen LogP contribution >= 0.6 is 11.6 Å².